The number of nitrogens with zero attached hydrogens (tertiary/aromatic N) is 3. The van der Waals surface area contributed by atoms with Crippen molar-refractivity contribution in [3.8, 4) is 0 Å². The van der Waals surface area contributed by atoms with Crippen molar-refractivity contribution in [3.05, 3.63) is 11.8 Å². The molecule has 1 unspecified atom stereocenters. The summed E-state index contributed by atoms with van der Waals surface area (Å²) in [5.41, 5.74) is -0.968. The lowest BCUT2D eigenvalue weighted by Crippen LogP contribution is -2.38. The van der Waals surface area contributed by atoms with Gasteiger partial charge < -0.3 is 15.5 Å². The van der Waals surface area contributed by atoms with E-state index < -0.39 is 11.9 Å². The zero-order valence-electron chi connectivity index (χ0n) is 14.7. The van der Waals surface area contributed by atoms with Gasteiger partial charge in [-0.25, -0.2) is 4.98 Å². The van der Waals surface area contributed by atoms with E-state index in [0.29, 0.717) is 19.0 Å². The van der Waals surface area contributed by atoms with Crippen LogP contribution in [-0.4, -0.2) is 34.2 Å². The van der Waals surface area contributed by atoms with Crippen LogP contribution in [0.4, 0.5) is 24.9 Å². The van der Waals surface area contributed by atoms with Crippen LogP contribution in [0.5, 0.6) is 0 Å². The Labute approximate surface area is 151 Å². The zero-order chi connectivity index (χ0) is 18.6. The normalized spacial score (nSPS) is 18.4. The molecule has 2 heterocycles. The Kier molecular flexibility index (Phi) is 6.42. The predicted molar refractivity (Wildman–Crippen MR) is 96.8 cm³/mol. The number of nitrogens with one attached hydrogen (secondary N) is 2. The van der Waals surface area contributed by atoms with E-state index in [2.05, 4.69) is 20.6 Å². The third-order valence-corrected chi connectivity index (χ3v) is 4.24. The molecule has 0 bridgehead atoms. The van der Waals surface area contributed by atoms with Crippen LogP contribution in [0.25, 0.3) is 0 Å². The summed E-state index contributed by atoms with van der Waals surface area (Å²) in [6.45, 7) is 7.31. The van der Waals surface area contributed by atoms with Crippen molar-refractivity contribution in [1.82, 2.24) is 15.3 Å². The highest BCUT2D eigenvalue weighted by Gasteiger charge is 2.35. The first kappa shape index (κ1) is 19.7. The number of rotatable bonds is 4. The number of piperidine rings is 1. The van der Waals surface area contributed by atoms with Crippen molar-refractivity contribution >= 4 is 29.1 Å². The average Bonchev–Trinajstić information content (AvgIpc) is 2.52. The molecule has 1 saturated heterocycles. The van der Waals surface area contributed by atoms with Crippen LogP contribution in [0.15, 0.2) is 6.07 Å². The molecule has 0 spiro atoms. The molecule has 1 aliphatic rings. The molecule has 0 aromatic carbocycles. The molecule has 9 heteroatoms. The molecule has 0 saturated carbocycles. The maximum Gasteiger partial charge on any atom is 0.433 e. The summed E-state index contributed by atoms with van der Waals surface area (Å²) in [4.78, 5) is 9.75. The van der Waals surface area contributed by atoms with E-state index >= 15 is 0 Å². The number of hydrogen-bond acceptors (Lipinski definition) is 4. The molecule has 1 fully saturated rings. The second kappa shape index (κ2) is 8.16. The molecule has 2 N–H and O–H groups in total. The van der Waals surface area contributed by atoms with E-state index in [9.17, 15) is 13.2 Å². The van der Waals surface area contributed by atoms with Crippen LogP contribution in [0.3, 0.4) is 0 Å². The van der Waals surface area contributed by atoms with Crippen LogP contribution in [-0.2, 0) is 6.18 Å². The van der Waals surface area contributed by atoms with Crippen LogP contribution in [0.1, 0.15) is 45.7 Å². The minimum atomic E-state index is -4.54. The molecule has 1 aromatic rings. The molecule has 0 aliphatic carbocycles. The molecular weight excluding hydrogens is 351 g/mol. The van der Waals surface area contributed by atoms with Gasteiger partial charge in [-0.1, -0.05) is 13.8 Å². The topological polar surface area (TPSA) is 53.1 Å². The van der Waals surface area contributed by atoms with Gasteiger partial charge in [0.2, 0.25) is 5.95 Å². The van der Waals surface area contributed by atoms with Crippen LogP contribution in [0, 0.1) is 5.92 Å². The maximum absolute atomic E-state index is 13.2. The highest BCUT2D eigenvalue weighted by atomic mass is 32.1. The van der Waals surface area contributed by atoms with Crippen molar-refractivity contribution < 1.29 is 13.2 Å². The van der Waals surface area contributed by atoms with Crippen LogP contribution < -0.4 is 15.5 Å². The zero-order valence-corrected chi connectivity index (χ0v) is 15.5. The van der Waals surface area contributed by atoms with Gasteiger partial charge in [0.1, 0.15) is 5.82 Å². The summed E-state index contributed by atoms with van der Waals surface area (Å²) in [5.74, 6) is 0.500. The van der Waals surface area contributed by atoms with Crippen LogP contribution >= 0.6 is 12.2 Å². The Hall–Kier alpha value is -1.64. The summed E-state index contributed by atoms with van der Waals surface area (Å²) in [5, 5.41) is 5.83. The highest BCUT2D eigenvalue weighted by Crippen LogP contribution is 2.32. The van der Waals surface area contributed by atoms with Gasteiger partial charge in [-0.3, -0.25) is 0 Å². The monoisotopic (exact) mass is 375 g/mol. The van der Waals surface area contributed by atoms with Gasteiger partial charge in [-0.05, 0) is 44.3 Å². The molecule has 0 radical (unpaired) electrons. The molecule has 1 atom stereocenters. The molecular formula is C16H24F3N5S. The fourth-order valence-corrected chi connectivity index (χ4v) is 2.84. The van der Waals surface area contributed by atoms with Gasteiger partial charge in [-0.15, -0.1) is 0 Å². The summed E-state index contributed by atoms with van der Waals surface area (Å²) < 4.78 is 39.7. The first-order valence-corrected chi connectivity index (χ1v) is 8.85. The lowest BCUT2D eigenvalue weighted by atomic mass is 10.0. The largest absolute Gasteiger partial charge is 0.433 e. The Bertz CT molecular complexity index is 606. The quantitative estimate of drug-likeness (QED) is 0.781. The van der Waals surface area contributed by atoms with Crippen molar-refractivity contribution in [2.45, 2.75) is 52.3 Å². The van der Waals surface area contributed by atoms with Crippen molar-refractivity contribution in [1.29, 1.82) is 0 Å². The average molecular weight is 375 g/mol. The van der Waals surface area contributed by atoms with Crippen molar-refractivity contribution in [3.63, 3.8) is 0 Å². The number of alkyl halides is 3. The Morgan fingerprint density at radius 3 is 2.68 bits per heavy atom. The molecule has 1 aliphatic heterocycles. The van der Waals surface area contributed by atoms with E-state index in [1.54, 1.807) is 0 Å². The number of hydrogen-bond donors (Lipinski definition) is 2. The van der Waals surface area contributed by atoms with Gasteiger partial charge in [0.25, 0.3) is 0 Å². The SMILES string of the molecule is CC(C)CNC(=S)Nc1nc(N2CCCCC2C)cc(C(F)(F)F)n1. The van der Waals surface area contributed by atoms with E-state index in [1.807, 2.05) is 25.7 Å². The second-order valence-electron chi connectivity index (χ2n) is 6.70. The lowest BCUT2D eigenvalue weighted by molar-refractivity contribution is -0.141. The van der Waals surface area contributed by atoms with E-state index in [4.69, 9.17) is 12.2 Å². The van der Waals surface area contributed by atoms with Gasteiger partial charge >= 0.3 is 6.18 Å². The van der Waals surface area contributed by atoms with E-state index in [0.717, 1.165) is 25.3 Å². The Balaban J connectivity index is 2.26. The predicted octanol–water partition coefficient (Wildman–Crippen LogP) is 3.82. The summed E-state index contributed by atoms with van der Waals surface area (Å²) >= 11 is 5.12. The van der Waals surface area contributed by atoms with Crippen molar-refractivity contribution in [2.24, 2.45) is 5.92 Å². The third-order valence-electron chi connectivity index (χ3n) is 4.00. The lowest BCUT2D eigenvalue weighted by Gasteiger charge is -2.34. The molecule has 5 nitrogen and oxygen atoms in total. The first-order chi connectivity index (χ1) is 11.7. The van der Waals surface area contributed by atoms with Crippen LogP contribution in [0.2, 0.25) is 0 Å². The summed E-state index contributed by atoms with van der Waals surface area (Å²) in [6, 6.07) is 1.15. The van der Waals surface area contributed by atoms with Gasteiger partial charge in [0.15, 0.2) is 10.8 Å². The molecule has 2 rings (SSSR count). The number of aromatic nitrogens is 2. The summed E-state index contributed by atoms with van der Waals surface area (Å²) in [7, 11) is 0. The standard InChI is InChI=1S/C16H24F3N5S/c1-10(2)9-20-15(25)23-14-21-12(16(17,18)19)8-13(22-14)24-7-5-4-6-11(24)3/h8,10-11H,4-7,9H2,1-3H3,(H2,20,21,22,23,25). The van der Waals surface area contributed by atoms with Crippen molar-refractivity contribution in [2.75, 3.05) is 23.3 Å². The highest BCUT2D eigenvalue weighted by molar-refractivity contribution is 7.80. The fourth-order valence-electron chi connectivity index (χ4n) is 2.66. The Morgan fingerprint density at radius 2 is 2.08 bits per heavy atom. The fraction of sp³-hybridized carbons (Fsp3) is 0.688. The smallest absolute Gasteiger partial charge is 0.362 e. The van der Waals surface area contributed by atoms with Gasteiger partial charge in [0.05, 0.1) is 0 Å². The van der Waals surface area contributed by atoms with E-state index in [-0.39, 0.29) is 22.9 Å². The summed E-state index contributed by atoms with van der Waals surface area (Å²) in [6.07, 6.45) is -1.60. The first-order valence-electron chi connectivity index (χ1n) is 8.44. The van der Waals surface area contributed by atoms with E-state index in [1.165, 1.54) is 0 Å². The minimum absolute atomic E-state index is 0.135. The number of thiocarbonyl (C=S) groups is 1. The Morgan fingerprint density at radius 1 is 1.36 bits per heavy atom. The minimum Gasteiger partial charge on any atom is -0.362 e. The maximum atomic E-state index is 13.2. The van der Waals surface area contributed by atoms with Gasteiger partial charge in [-0.2, -0.15) is 18.2 Å². The third kappa shape index (κ3) is 5.69. The number of halogens is 3. The molecule has 1 aromatic heterocycles. The molecule has 140 valence electrons. The molecule has 25 heavy (non-hydrogen) atoms. The number of anilines is 2. The van der Waals surface area contributed by atoms with Gasteiger partial charge in [0, 0.05) is 25.2 Å². The molecule has 0 amide bonds. The second-order valence-corrected chi connectivity index (χ2v) is 7.11.